The Morgan fingerprint density at radius 1 is 0.356 bits per heavy atom. The number of furan rings is 1. The molecule has 0 N–H and O–H groups in total. The first-order valence-electron chi connectivity index (χ1n) is 17.5. The van der Waals surface area contributed by atoms with Gasteiger partial charge >= 0.3 is 0 Å². The van der Waals surface area contributed by atoms with Crippen LogP contribution in [0.25, 0.3) is 88.0 Å². The molecule has 0 aliphatic heterocycles. The normalized spacial score (nSPS) is 13.1. The van der Waals surface area contributed by atoms with E-state index in [1.165, 1.54) is 0 Å². The van der Waals surface area contributed by atoms with Crippen molar-refractivity contribution < 1.29 is 11.3 Å². The molecular formula is C44H28O. The van der Waals surface area contributed by atoms with Gasteiger partial charge in [-0.15, -0.1) is 0 Å². The third kappa shape index (κ3) is 4.09. The monoisotopic (exact) mass is 577 g/mol. The zero-order chi connectivity index (χ0) is 34.1. The number of fused-ring (bicyclic) bond motifs is 5. The Labute approximate surface area is 268 Å². The van der Waals surface area contributed by atoms with Crippen LogP contribution in [-0.4, -0.2) is 0 Å². The van der Waals surface area contributed by atoms with Gasteiger partial charge in [0, 0.05) is 10.8 Å². The van der Waals surface area contributed by atoms with Gasteiger partial charge in [-0.3, -0.25) is 0 Å². The summed E-state index contributed by atoms with van der Waals surface area (Å²) in [4.78, 5) is 0. The summed E-state index contributed by atoms with van der Waals surface area (Å²) in [6, 6.07) is 45.8. The number of rotatable bonds is 4. The van der Waals surface area contributed by atoms with Crippen molar-refractivity contribution in [2.75, 3.05) is 0 Å². The van der Waals surface area contributed by atoms with E-state index in [0.29, 0.717) is 5.56 Å². The lowest BCUT2D eigenvalue weighted by molar-refractivity contribution is 0.669. The lowest BCUT2D eigenvalue weighted by Crippen LogP contribution is -1.90. The van der Waals surface area contributed by atoms with Crippen LogP contribution < -0.4 is 0 Å². The molecule has 1 heteroatoms. The molecule has 0 aliphatic carbocycles. The van der Waals surface area contributed by atoms with Gasteiger partial charge < -0.3 is 4.42 Å². The summed E-state index contributed by atoms with van der Waals surface area (Å²) in [5.41, 5.74) is 8.99. The van der Waals surface area contributed by atoms with Crippen LogP contribution in [0.4, 0.5) is 0 Å². The molecule has 0 saturated heterocycles. The summed E-state index contributed by atoms with van der Waals surface area (Å²) < 4.78 is 49.0. The maximum Gasteiger partial charge on any atom is 0.136 e. The summed E-state index contributed by atoms with van der Waals surface area (Å²) >= 11 is 0. The van der Waals surface area contributed by atoms with Crippen LogP contribution in [-0.2, 0) is 0 Å². The number of hydrogen-bond acceptors (Lipinski definition) is 1. The number of hydrogen-bond donors (Lipinski definition) is 0. The molecule has 9 aromatic rings. The average Bonchev–Trinajstić information content (AvgIpc) is 3.56. The van der Waals surface area contributed by atoms with E-state index in [1.54, 1.807) is 0 Å². The molecule has 9 rings (SSSR count). The molecule has 1 aromatic heterocycles. The molecule has 45 heavy (non-hydrogen) atoms. The van der Waals surface area contributed by atoms with Crippen molar-refractivity contribution in [3.05, 3.63) is 170 Å². The third-order valence-corrected chi connectivity index (χ3v) is 8.77. The Kier molecular flexibility index (Phi) is 4.81. The molecule has 0 atom stereocenters. The second-order valence-electron chi connectivity index (χ2n) is 11.2. The van der Waals surface area contributed by atoms with Crippen LogP contribution in [0.15, 0.2) is 174 Å². The van der Waals surface area contributed by atoms with Gasteiger partial charge in [0.05, 0.1) is 6.85 Å². The molecule has 0 spiro atoms. The van der Waals surface area contributed by atoms with Crippen LogP contribution in [0.1, 0.15) is 6.85 Å². The third-order valence-electron chi connectivity index (χ3n) is 8.77. The van der Waals surface area contributed by atoms with E-state index in [-0.39, 0.29) is 29.7 Å². The van der Waals surface area contributed by atoms with Crippen LogP contribution >= 0.6 is 0 Å². The Morgan fingerprint density at radius 3 is 1.33 bits per heavy atom. The first-order chi connectivity index (χ1) is 24.4. The molecule has 0 fully saturated rings. The molecule has 0 aliphatic rings. The quantitative estimate of drug-likeness (QED) is 0.190. The van der Waals surface area contributed by atoms with Crippen molar-refractivity contribution in [2.24, 2.45) is 0 Å². The second-order valence-corrected chi connectivity index (χ2v) is 11.2. The summed E-state index contributed by atoms with van der Waals surface area (Å²) in [5.74, 6) is 0. The second kappa shape index (κ2) is 10.4. The Balaban J connectivity index is 1.26. The highest BCUT2D eigenvalue weighted by Crippen LogP contribution is 2.45. The van der Waals surface area contributed by atoms with E-state index >= 15 is 0 Å². The van der Waals surface area contributed by atoms with E-state index in [4.69, 9.17) is 11.3 Å². The Hall–Kier alpha value is -5.92. The minimum atomic E-state index is -0.399. The zero-order valence-corrected chi connectivity index (χ0v) is 24.2. The fraction of sp³-hybridized carbons (Fsp3) is 0. The SMILES string of the molecule is [2H]c1c([2H])c([2H])c(-c2c3ccccc3c(-c3ccc(-c4cccc5oc6cccc(-c7ccccc7)c6c45)cc3)c3ccccc23)c([2H])c1[2H]. The topological polar surface area (TPSA) is 13.1 Å². The molecule has 0 amide bonds. The van der Waals surface area contributed by atoms with Gasteiger partial charge in [-0.05, 0) is 78.2 Å². The highest BCUT2D eigenvalue weighted by atomic mass is 16.3. The number of benzene rings is 8. The maximum absolute atomic E-state index is 8.83. The van der Waals surface area contributed by atoms with Crippen molar-refractivity contribution >= 4 is 43.5 Å². The molecule has 0 bridgehead atoms. The van der Waals surface area contributed by atoms with Gasteiger partial charge in [0.1, 0.15) is 11.2 Å². The fourth-order valence-corrected chi connectivity index (χ4v) is 6.87. The highest BCUT2D eigenvalue weighted by Gasteiger charge is 2.18. The van der Waals surface area contributed by atoms with Gasteiger partial charge in [-0.1, -0.05) is 158 Å². The Bertz CT molecular complexity index is 2720. The van der Waals surface area contributed by atoms with E-state index in [0.717, 1.165) is 76.9 Å². The van der Waals surface area contributed by atoms with Gasteiger partial charge in [0.2, 0.25) is 0 Å². The summed E-state index contributed by atoms with van der Waals surface area (Å²) in [7, 11) is 0. The van der Waals surface area contributed by atoms with Crippen LogP contribution in [0.5, 0.6) is 0 Å². The highest BCUT2D eigenvalue weighted by molar-refractivity contribution is 6.22. The minimum absolute atomic E-state index is 0.209. The van der Waals surface area contributed by atoms with Crippen molar-refractivity contribution in [3.8, 4) is 44.5 Å². The summed E-state index contributed by atoms with van der Waals surface area (Å²) in [6.45, 7) is 0. The molecule has 210 valence electrons. The maximum atomic E-state index is 8.83. The largest absolute Gasteiger partial charge is 0.456 e. The van der Waals surface area contributed by atoms with E-state index in [2.05, 4.69) is 60.7 Å². The van der Waals surface area contributed by atoms with Crippen molar-refractivity contribution in [3.63, 3.8) is 0 Å². The van der Waals surface area contributed by atoms with Crippen molar-refractivity contribution in [1.82, 2.24) is 0 Å². The lowest BCUT2D eigenvalue weighted by Gasteiger charge is -2.18. The first kappa shape index (κ1) is 20.9. The fourth-order valence-electron chi connectivity index (χ4n) is 6.87. The molecule has 8 aromatic carbocycles. The molecule has 0 radical (unpaired) electrons. The standard InChI is InChI=1S/C44H28O/c1-3-13-29(14-4-1)33-21-11-23-39-43(33)44-34(22-12-24-40(44)45-39)30-25-27-32(28-26-30)42-37-19-9-7-17-35(37)41(31-15-5-2-6-16-31)36-18-8-10-20-38(36)42/h1-28H/i2D,5D,6D,15D,16D. The van der Waals surface area contributed by atoms with Crippen molar-refractivity contribution in [1.29, 1.82) is 0 Å². The predicted molar refractivity (Wildman–Crippen MR) is 190 cm³/mol. The summed E-state index contributed by atoms with van der Waals surface area (Å²) in [6.07, 6.45) is 0. The minimum Gasteiger partial charge on any atom is -0.456 e. The lowest BCUT2D eigenvalue weighted by atomic mass is 9.85. The molecule has 1 heterocycles. The molecule has 0 saturated carbocycles. The van der Waals surface area contributed by atoms with Crippen LogP contribution in [0.2, 0.25) is 0 Å². The van der Waals surface area contributed by atoms with Gasteiger partial charge in [-0.25, -0.2) is 0 Å². The van der Waals surface area contributed by atoms with E-state index in [9.17, 15) is 0 Å². The zero-order valence-electron chi connectivity index (χ0n) is 29.2. The Morgan fingerprint density at radius 2 is 0.800 bits per heavy atom. The van der Waals surface area contributed by atoms with Gasteiger partial charge in [0.15, 0.2) is 0 Å². The van der Waals surface area contributed by atoms with Crippen LogP contribution in [0, 0.1) is 0 Å². The summed E-state index contributed by atoms with van der Waals surface area (Å²) in [5, 5.41) is 5.70. The van der Waals surface area contributed by atoms with Gasteiger partial charge in [0.25, 0.3) is 0 Å². The molecule has 0 unspecified atom stereocenters. The smallest absolute Gasteiger partial charge is 0.136 e. The molecular weight excluding hydrogens is 544 g/mol. The van der Waals surface area contributed by atoms with E-state index in [1.807, 2.05) is 78.9 Å². The van der Waals surface area contributed by atoms with Gasteiger partial charge in [-0.2, -0.15) is 0 Å². The predicted octanol–water partition coefficient (Wildman–Crippen LogP) is 12.6. The first-order valence-corrected chi connectivity index (χ1v) is 15.0. The van der Waals surface area contributed by atoms with Crippen LogP contribution in [0.3, 0.4) is 0 Å². The van der Waals surface area contributed by atoms with Crippen molar-refractivity contribution in [2.45, 2.75) is 0 Å². The van der Waals surface area contributed by atoms with E-state index < -0.39 is 6.04 Å². The molecule has 1 nitrogen and oxygen atoms in total. The average molecular weight is 578 g/mol.